The maximum atomic E-state index is 12.5. The Kier molecular flexibility index (Phi) is 3.76. The summed E-state index contributed by atoms with van der Waals surface area (Å²) in [6.07, 6.45) is 0. The largest absolute Gasteiger partial charge is 0.424 e. The van der Waals surface area contributed by atoms with Crippen molar-refractivity contribution in [2.75, 3.05) is 0 Å². The molecular weight excluding hydrogens is 192 g/mol. The van der Waals surface area contributed by atoms with Gasteiger partial charge in [0, 0.05) is 12.1 Å². The van der Waals surface area contributed by atoms with E-state index in [0.717, 1.165) is 6.55 Å². The SMILES string of the molecule is CC[Si](F)(F)CC[Si](C)(F)F. The summed E-state index contributed by atoms with van der Waals surface area (Å²) in [5, 5.41) is 0. The zero-order valence-corrected chi connectivity index (χ0v) is 8.63. The van der Waals surface area contributed by atoms with E-state index in [1.165, 1.54) is 6.92 Å². The van der Waals surface area contributed by atoms with Gasteiger partial charge < -0.3 is 0 Å². The molecule has 0 aromatic heterocycles. The van der Waals surface area contributed by atoms with E-state index >= 15 is 0 Å². The molecule has 0 nitrogen and oxygen atoms in total. The summed E-state index contributed by atoms with van der Waals surface area (Å²) in [7, 11) is -8.46. The Bertz CT molecular complexity index is 120. The second-order valence-corrected chi connectivity index (χ2v) is 8.34. The Hall–Kier alpha value is 0.154. The Morgan fingerprint density at radius 1 is 1.00 bits per heavy atom. The summed E-state index contributed by atoms with van der Waals surface area (Å²) >= 11 is 0. The maximum Gasteiger partial charge on any atom is 0.424 e. The third-order valence-electron chi connectivity index (χ3n) is 1.45. The first-order valence-corrected chi connectivity index (χ1v) is 8.16. The minimum Gasteiger partial charge on any atom is -0.271 e. The fourth-order valence-electron chi connectivity index (χ4n) is 0.579. The van der Waals surface area contributed by atoms with Crippen molar-refractivity contribution in [1.82, 2.24) is 0 Å². The van der Waals surface area contributed by atoms with E-state index in [0.29, 0.717) is 0 Å². The number of hydrogen-bond acceptors (Lipinski definition) is 0. The Morgan fingerprint density at radius 2 is 1.45 bits per heavy atom. The molecule has 0 saturated heterocycles. The molecule has 11 heavy (non-hydrogen) atoms. The fraction of sp³-hybridized carbons (Fsp3) is 1.00. The molecule has 0 rings (SSSR count). The third kappa shape index (κ3) is 6.55. The van der Waals surface area contributed by atoms with Crippen LogP contribution in [-0.4, -0.2) is 17.5 Å². The van der Waals surface area contributed by atoms with Gasteiger partial charge in [-0.2, -0.15) is 0 Å². The van der Waals surface area contributed by atoms with Gasteiger partial charge in [-0.25, -0.2) is 0 Å². The van der Waals surface area contributed by atoms with Gasteiger partial charge in [-0.15, -0.1) is 0 Å². The average Bonchev–Trinajstić information content (AvgIpc) is 1.83. The molecule has 0 aliphatic carbocycles. The van der Waals surface area contributed by atoms with Gasteiger partial charge in [-0.1, -0.05) is 6.92 Å². The smallest absolute Gasteiger partial charge is 0.271 e. The third-order valence-corrected chi connectivity index (χ3v) is 5.09. The molecule has 0 fully saturated rings. The lowest BCUT2D eigenvalue weighted by Crippen LogP contribution is -2.26. The van der Waals surface area contributed by atoms with Crippen LogP contribution in [0.25, 0.3) is 0 Å². The maximum absolute atomic E-state index is 12.5. The molecule has 0 spiro atoms. The molecule has 0 atom stereocenters. The number of halogens is 4. The monoisotopic (exact) mass is 204 g/mol. The molecule has 0 aliphatic rings. The van der Waals surface area contributed by atoms with E-state index in [2.05, 4.69) is 0 Å². The quantitative estimate of drug-likeness (QED) is 0.374. The van der Waals surface area contributed by atoms with Gasteiger partial charge in [0.2, 0.25) is 0 Å². The lowest BCUT2D eigenvalue weighted by Gasteiger charge is -2.11. The lowest BCUT2D eigenvalue weighted by atomic mass is 10.9. The van der Waals surface area contributed by atoms with Crippen LogP contribution < -0.4 is 0 Å². The van der Waals surface area contributed by atoms with Gasteiger partial charge in [-0.05, 0) is 12.6 Å². The van der Waals surface area contributed by atoms with Crippen molar-refractivity contribution >= 4 is 17.5 Å². The molecule has 0 bridgehead atoms. The van der Waals surface area contributed by atoms with Gasteiger partial charge in [0.15, 0.2) is 0 Å². The standard InChI is InChI=1S/C5H12F4Si2/c1-3-11(8,9)5-4-10(2,6)7/h3-5H2,1-2H3. The van der Waals surface area contributed by atoms with E-state index in [9.17, 15) is 16.4 Å². The van der Waals surface area contributed by atoms with Gasteiger partial charge in [0.05, 0.1) is 0 Å². The molecule has 0 unspecified atom stereocenters. The van der Waals surface area contributed by atoms with E-state index in [-0.39, 0.29) is 6.04 Å². The van der Waals surface area contributed by atoms with Crippen LogP contribution in [0.4, 0.5) is 16.4 Å². The van der Waals surface area contributed by atoms with Gasteiger partial charge in [-0.3, -0.25) is 16.4 Å². The highest BCUT2D eigenvalue weighted by Gasteiger charge is 2.38. The fourth-order valence-corrected chi connectivity index (χ4v) is 4.15. The van der Waals surface area contributed by atoms with Gasteiger partial charge in [0.1, 0.15) is 0 Å². The van der Waals surface area contributed by atoms with Crippen molar-refractivity contribution in [3.8, 4) is 0 Å². The zero-order chi connectivity index (χ0) is 9.12. The first-order chi connectivity index (χ1) is 4.77. The highest BCUT2D eigenvalue weighted by atomic mass is 28.4. The van der Waals surface area contributed by atoms with Crippen molar-refractivity contribution in [3.63, 3.8) is 0 Å². The average molecular weight is 204 g/mol. The number of rotatable bonds is 4. The molecule has 0 aliphatic heterocycles. The summed E-state index contributed by atoms with van der Waals surface area (Å²) < 4.78 is 49.5. The number of hydrogen-bond donors (Lipinski definition) is 0. The molecule has 0 saturated carbocycles. The van der Waals surface area contributed by atoms with Crippen molar-refractivity contribution in [2.24, 2.45) is 0 Å². The highest BCUT2D eigenvalue weighted by Crippen LogP contribution is 2.26. The lowest BCUT2D eigenvalue weighted by molar-refractivity contribution is 0.572. The van der Waals surface area contributed by atoms with Gasteiger partial charge in [0.25, 0.3) is 0 Å². The first-order valence-electron chi connectivity index (χ1n) is 3.52. The summed E-state index contributed by atoms with van der Waals surface area (Å²) in [6, 6.07) is -1.28. The second-order valence-electron chi connectivity index (χ2n) is 2.78. The van der Waals surface area contributed by atoms with E-state index in [1.807, 2.05) is 0 Å². The predicted molar refractivity (Wildman–Crippen MR) is 41.9 cm³/mol. The molecular formula is C5H12F4Si2. The van der Waals surface area contributed by atoms with Crippen LogP contribution in [0.1, 0.15) is 6.92 Å². The van der Waals surface area contributed by atoms with Crippen LogP contribution in [0.5, 0.6) is 0 Å². The highest BCUT2D eigenvalue weighted by molar-refractivity contribution is 6.71. The second kappa shape index (κ2) is 3.70. The van der Waals surface area contributed by atoms with Crippen LogP contribution in [0, 0.1) is 0 Å². The van der Waals surface area contributed by atoms with Crippen molar-refractivity contribution in [2.45, 2.75) is 31.6 Å². The summed E-state index contributed by atoms with van der Waals surface area (Å²) in [5.41, 5.74) is 0. The zero-order valence-electron chi connectivity index (χ0n) is 6.63. The minimum absolute atomic E-state index is 0.211. The van der Waals surface area contributed by atoms with Crippen molar-refractivity contribution in [3.05, 3.63) is 0 Å². The topological polar surface area (TPSA) is 0 Å². The molecule has 0 amide bonds. The molecule has 0 N–H and O–H groups in total. The molecule has 0 heterocycles. The summed E-state index contributed by atoms with van der Waals surface area (Å²) in [6.45, 7) is 2.18. The molecule has 0 radical (unpaired) electrons. The Labute approximate surface area is 66.3 Å². The Balaban J connectivity index is 3.70. The summed E-state index contributed by atoms with van der Waals surface area (Å²) in [5.74, 6) is 0. The molecule has 68 valence electrons. The first kappa shape index (κ1) is 11.2. The van der Waals surface area contributed by atoms with Crippen LogP contribution in [0.15, 0.2) is 0 Å². The van der Waals surface area contributed by atoms with Gasteiger partial charge >= 0.3 is 17.5 Å². The van der Waals surface area contributed by atoms with Crippen LogP contribution >= 0.6 is 0 Å². The van der Waals surface area contributed by atoms with Crippen molar-refractivity contribution in [1.29, 1.82) is 0 Å². The minimum atomic E-state index is -4.23. The Morgan fingerprint density at radius 3 is 1.73 bits per heavy atom. The summed E-state index contributed by atoms with van der Waals surface area (Å²) in [4.78, 5) is 0. The van der Waals surface area contributed by atoms with Crippen LogP contribution in [-0.2, 0) is 0 Å². The predicted octanol–water partition coefficient (Wildman–Crippen LogP) is 3.40. The van der Waals surface area contributed by atoms with Crippen LogP contribution in [0.2, 0.25) is 24.7 Å². The molecule has 0 aromatic carbocycles. The molecule has 6 heteroatoms. The van der Waals surface area contributed by atoms with E-state index in [4.69, 9.17) is 0 Å². The van der Waals surface area contributed by atoms with E-state index < -0.39 is 29.6 Å². The van der Waals surface area contributed by atoms with E-state index in [1.54, 1.807) is 0 Å². The normalized spacial score (nSPS) is 13.6. The van der Waals surface area contributed by atoms with Crippen molar-refractivity contribution < 1.29 is 16.4 Å². The molecule has 0 aromatic rings. The van der Waals surface area contributed by atoms with Crippen LogP contribution in [0.3, 0.4) is 0 Å².